The van der Waals surface area contributed by atoms with Crippen LogP contribution in [0.25, 0.3) is 0 Å². The maximum atomic E-state index is 4.17. The summed E-state index contributed by atoms with van der Waals surface area (Å²) in [5, 5.41) is 3.32. The highest BCUT2D eigenvalue weighted by molar-refractivity contribution is 9.10. The lowest BCUT2D eigenvalue weighted by molar-refractivity contribution is 0.237. The van der Waals surface area contributed by atoms with Crippen molar-refractivity contribution in [3.8, 4) is 0 Å². The van der Waals surface area contributed by atoms with E-state index in [1.165, 1.54) is 32.4 Å². The monoisotopic (exact) mass is 284 g/mol. The van der Waals surface area contributed by atoms with E-state index in [-0.39, 0.29) is 0 Å². The van der Waals surface area contributed by atoms with Crippen molar-refractivity contribution in [2.45, 2.75) is 19.3 Å². The quantitative estimate of drug-likeness (QED) is 0.920. The molecule has 0 aliphatic carbocycles. The van der Waals surface area contributed by atoms with Crippen molar-refractivity contribution in [2.24, 2.45) is 0 Å². The second-order valence-corrected chi connectivity index (χ2v) is 4.90. The van der Waals surface area contributed by atoms with Gasteiger partial charge in [0.1, 0.15) is 12.1 Å². The maximum absolute atomic E-state index is 4.17. The van der Waals surface area contributed by atoms with Gasteiger partial charge in [0.25, 0.3) is 0 Å². The Labute approximate surface area is 105 Å². The van der Waals surface area contributed by atoms with Crippen LogP contribution in [0.4, 0.5) is 5.82 Å². The van der Waals surface area contributed by atoms with Crippen LogP contribution in [0.2, 0.25) is 0 Å². The summed E-state index contributed by atoms with van der Waals surface area (Å²) in [5.41, 5.74) is 0. The fourth-order valence-corrected chi connectivity index (χ4v) is 2.32. The molecule has 1 fully saturated rings. The number of aromatic nitrogens is 2. The largest absolute Gasteiger partial charge is 0.368 e. The summed E-state index contributed by atoms with van der Waals surface area (Å²) < 4.78 is 0.925. The molecule has 0 atom stereocenters. The van der Waals surface area contributed by atoms with Gasteiger partial charge in [0, 0.05) is 19.3 Å². The Morgan fingerprint density at radius 1 is 1.31 bits per heavy atom. The van der Waals surface area contributed by atoms with Gasteiger partial charge in [0.2, 0.25) is 0 Å². The zero-order valence-corrected chi connectivity index (χ0v) is 10.9. The van der Waals surface area contributed by atoms with E-state index in [1.807, 2.05) is 0 Å². The highest BCUT2D eigenvalue weighted by Gasteiger charge is 2.09. The molecule has 1 aromatic rings. The number of anilines is 1. The van der Waals surface area contributed by atoms with Crippen LogP contribution in [0.1, 0.15) is 19.3 Å². The smallest absolute Gasteiger partial charge is 0.143 e. The van der Waals surface area contributed by atoms with Gasteiger partial charge in [-0.15, -0.1) is 0 Å². The predicted octanol–water partition coefficient (Wildman–Crippen LogP) is 2.14. The molecule has 0 aromatic carbocycles. The zero-order valence-electron chi connectivity index (χ0n) is 9.32. The van der Waals surface area contributed by atoms with Gasteiger partial charge < -0.3 is 10.2 Å². The van der Waals surface area contributed by atoms with Gasteiger partial charge in [-0.25, -0.2) is 9.97 Å². The molecule has 88 valence electrons. The minimum atomic E-state index is 0.881. The van der Waals surface area contributed by atoms with Gasteiger partial charge in [-0.2, -0.15) is 0 Å². The normalized spacial score (nSPS) is 17.3. The Morgan fingerprint density at radius 3 is 2.88 bits per heavy atom. The first-order chi connectivity index (χ1) is 7.86. The van der Waals surface area contributed by atoms with Crippen molar-refractivity contribution in [1.29, 1.82) is 0 Å². The lowest BCUT2D eigenvalue weighted by Crippen LogP contribution is -2.33. The highest BCUT2D eigenvalue weighted by Crippen LogP contribution is 2.16. The Balaban J connectivity index is 1.73. The molecule has 1 aliphatic rings. The first-order valence-corrected chi connectivity index (χ1v) is 6.57. The van der Waals surface area contributed by atoms with E-state index in [0.29, 0.717) is 0 Å². The topological polar surface area (TPSA) is 41.1 Å². The molecule has 1 aliphatic heterocycles. The molecule has 2 rings (SSSR count). The van der Waals surface area contributed by atoms with Crippen LogP contribution in [0.15, 0.2) is 17.0 Å². The Hall–Kier alpha value is -0.680. The number of rotatable bonds is 4. The third-order valence-electron chi connectivity index (χ3n) is 2.84. The summed E-state index contributed by atoms with van der Waals surface area (Å²) in [7, 11) is 0. The summed E-state index contributed by atoms with van der Waals surface area (Å²) in [4.78, 5) is 10.6. The van der Waals surface area contributed by atoms with Crippen LogP contribution in [0, 0.1) is 0 Å². The third kappa shape index (κ3) is 3.42. The van der Waals surface area contributed by atoms with Crippen molar-refractivity contribution >= 4 is 21.7 Å². The van der Waals surface area contributed by atoms with Gasteiger partial charge in [-0.1, -0.05) is 6.42 Å². The lowest BCUT2D eigenvalue weighted by Gasteiger charge is -2.26. The summed E-state index contributed by atoms with van der Waals surface area (Å²) in [6.45, 7) is 4.52. The van der Waals surface area contributed by atoms with E-state index in [9.17, 15) is 0 Å². The Bertz CT molecular complexity index is 326. The van der Waals surface area contributed by atoms with Crippen LogP contribution in [-0.2, 0) is 0 Å². The zero-order chi connectivity index (χ0) is 11.2. The standard InChI is InChI=1S/C11H17BrN4/c12-10-8-13-9-15-11(10)14-4-7-16-5-2-1-3-6-16/h8-9H,1-7H2,(H,13,14,15). The Kier molecular flexibility index (Phi) is 4.54. The van der Waals surface area contributed by atoms with E-state index < -0.39 is 0 Å². The van der Waals surface area contributed by atoms with Crippen molar-refractivity contribution in [3.63, 3.8) is 0 Å². The van der Waals surface area contributed by atoms with Crippen molar-refractivity contribution in [2.75, 3.05) is 31.5 Å². The molecule has 0 amide bonds. The number of hydrogen-bond acceptors (Lipinski definition) is 4. The van der Waals surface area contributed by atoms with E-state index in [1.54, 1.807) is 12.5 Å². The summed E-state index contributed by atoms with van der Waals surface area (Å²) in [6.07, 6.45) is 7.40. The number of nitrogens with zero attached hydrogens (tertiary/aromatic N) is 3. The molecule has 1 aromatic heterocycles. The van der Waals surface area contributed by atoms with Crippen LogP contribution in [-0.4, -0.2) is 41.0 Å². The fourth-order valence-electron chi connectivity index (χ4n) is 1.96. The molecule has 2 heterocycles. The summed E-state index contributed by atoms with van der Waals surface area (Å²) >= 11 is 3.42. The summed E-state index contributed by atoms with van der Waals surface area (Å²) in [5.74, 6) is 0.881. The average molecular weight is 285 g/mol. The third-order valence-corrected chi connectivity index (χ3v) is 3.42. The molecule has 0 spiro atoms. The summed E-state index contributed by atoms with van der Waals surface area (Å²) in [6, 6.07) is 0. The molecule has 0 saturated carbocycles. The number of piperidine rings is 1. The predicted molar refractivity (Wildman–Crippen MR) is 68.5 cm³/mol. The molecule has 1 N–H and O–H groups in total. The number of nitrogens with one attached hydrogen (secondary N) is 1. The van der Waals surface area contributed by atoms with Crippen LogP contribution < -0.4 is 5.32 Å². The van der Waals surface area contributed by atoms with E-state index in [2.05, 4.69) is 36.1 Å². The number of hydrogen-bond donors (Lipinski definition) is 1. The molecule has 0 bridgehead atoms. The SMILES string of the molecule is Brc1cncnc1NCCN1CCCCC1. The molecular formula is C11H17BrN4. The van der Waals surface area contributed by atoms with E-state index in [0.717, 1.165) is 23.4 Å². The molecule has 0 radical (unpaired) electrons. The maximum Gasteiger partial charge on any atom is 0.143 e. The highest BCUT2D eigenvalue weighted by atomic mass is 79.9. The van der Waals surface area contributed by atoms with Crippen LogP contribution >= 0.6 is 15.9 Å². The second kappa shape index (κ2) is 6.15. The number of halogens is 1. The van der Waals surface area contributed by atoms with Crippen molar-refractivity contribution in [3.05, 3.63) is 17.0 Å². The lowest BCUT2D eigenvalue weighted by atomic mass is 10.1. The van der Waals surface area contributed by atoms with Crippen LogP contribution in [0.5, 0.6) is 0 Å². The molecule has 0 unspecified atom stereocenters. The minimum Gasteiger partial charge on any atom is -0.368 e. The van der Waals surface area contributed by atoms with Gasteiger partial charge in [0.05, 0.1) is 4.47 Å². The van der Waals surface area contributed by atoms with E-state index >= 15 is 0 Å². The second-order valence-electron chi connectivity index (χ2n) is 4.05. The first-order valence-electron chi connectivity index (χ1n) is 5.78. The average Bonchev–Trinajstić information content (AvgIpc) is 2.33. The van der Waals surface area contributed by atoms with Gasteiger partial charge in [0.15, 0.2) is 0 Å². The minimum absolute atomic E-state index is 0.881. The first kappa shape index (κ1) is 11.8. The molecule has 4 nitrogen and oxygen atoms in total. The van der Waals surface area contributed by atoms with E-state index in [4.69, 9.17) is 0 Å². The molecule has 5 heteroatoms. The fraction of sp³-hybridized carbons (Fsp3) is 0.636. The van der Waals surface area contributed by atoms with Gasteiger partial charge >= 0.3 is 0 Å². The van der Waals surface area contributed by atoms with Gasteiger partial charge in [-0.05, 0) is 41.9 Å². The molecular weight excluding hydrogens is 268 g/mol. The van der Waals surface area contributed by atoms with Crippen LogP contribution in [0.3, 0.4) is 0 Å². The van der Waals surface area contributed by atoms with Gasteiger partial charge in [-0.3, -0.25) is 0 Å². The molecule has 1 saturated heterocycles. The Morgan fingerprint density at radius 2 is 2.12 bits per heavy atom. The molecule has 16 heavy (non-hydrogen) atoms. The number of likely N-dealkylation sites (tertiary alicyclic amines) is 1. The van der Waals surface area contributed by atoms with Crippen molar-refractivity contribution in [1.82, 2.24) is 14.9 Å². The van der Waals surface area contributed by atoms with Crippen molar-refractivity contribution < 1.29 is 0 Å².